The molecular formula is C14H20N2O2. The van der Waals surface area contributed by atoms with Gasteiger partial charge in [-0.15, -0.1) is 0 Å². The maximum Gasteiger partial charge on any atom is 0.233 e. The molecule has 0 spiro atoms. The van der Waals surface area contributed by atoms with Crippen LogP contribution in [0.1, 0.15) is 12.5 Å². The van der Waals surface area contributed by atoms with E-state index in [1.165, 1.54) is 0 Å². The van der Waals surface area contributed by atoms with Crippen molar-refractivity contribution in [3.63, 3.8) is 0 Å². The van der Waals surface area contributed by atoms with Crippen molar-refractivity contribution in [2.75, 3.05) is 26.7 Å². The van der Waals surface area contributed by atoms with Crippen molar-refractivity contribution in [3.05, 3.63) is 35.9 Å². The highest BCUT2D eigenvalue weighted by molar-refractivity contribution is 5.84. The summed E-state index contributed by atoms with van der Waals surface area (Å²) < 4.78 is 0. The molecule has 0 bridgehead atoms. The Balaban J connectivity index is 2.45. The predicted molar refractivity (Wildman–Crippen MR) is 71.3 cm³/mol. The molecule has 4 heteroatoms. The monoisotopic (exact) mass is 248 g/mol. The number of nitrogens with one attached hydrogen (secondary N) is 1. The van der Waals surface area contributed by atoms with Gasteiger partial charge in [0, 0.05) is 13.5 Å². The van der Waals surface area contributed by atoms with Crippen molar-refractivity contribution in [2.24, 2.45) is 0 Å². The van der Waals surface area contributed by atoms with Crippen molar-refractivity contribution < 1.29 is 9.59 Å². The summed E-state index contributed by atoms with van der Waals surface area (Å²) >= 11 is 0. The standard InChI is InChI=1S/C14H20N2O2/c1-3-16(11-14(18)15-2)10-13(17)9-12-7-5-4-6-8-12/h4-8H,3,9-11H2,1-2H3,(H,15,18). The van der Waals surface area contributed by atoms with Gasteiger partial charge in [0.15, 0.2) is 5.78 Å². The van der Waals surface area contributed by atoms with Gasteiger partial charge in [0.1, 0.15) is 0 Å². The van der Waals surface area contributed by atoms with Crippen LogP contribution in [0.5, 0.6) is 0 Å². The number of Topliss-reactive ketones (excluding diaryl/α,β-unsaturated/α-hetero) is 1. The van der Waals surface area contributed by atoms with Crippen LogP contribution in [0.3, 0.4) is 0 Å². The first-order valence-corrected chi connectivity index (χ1v) is 6.14. The fourth-order valence-electron chi connectivity index (χ4n) is 1.69. The third kappa shape index (κ3) is 5.10. The molecule has 4 nitrogen and oxygen atoms in total. The van der Waals surface area contributed by atoms with Gasteiger partial charge >= 0.3 is 0 Å². The van der Waals surface area contributed by atoms with E-state index in [4.69, 9.17) is 0 Å². The van der Waals surface area contributed by atoms with Crippen LogP contribution in [-0.4, -0.2) is 43.3 Å². The van der Waals surface area contributed by atoms with E-state index in [9.17, 15) is 9.59 Å². The molecule has 1 aromatic rings. The zero-order valence-corrected chi connectivity index (χ0v) is 11.0. The zero-order chi connectivity index (χ0) is 13.4. The number of benzene rings is 1. The number of hydrogen-bond acceptors (Lipinski definition) is 3. The van der Waals surface area contributed by atoms with Crippen molar-refractivity contribution in [2.45, 2.75) is 13.3 Å². The highest BCUT2D eigenvalue weighted by Crippen LogP contribution is 2.01. The van der Waals surface area contributed by atoms with Crippen molar-refractivity contribution in [1.29, 1.82) is 0 Å². The van der Waals surface area contributed by atoms with Crippen molar-refractivity contribution >= 4 is 11.7 Å². The van der Waals surface area contributed by atoms with Gasteiger partial charge in [0.25, 0.3) is 0 Å². The highest BCUT2D eigenvalue weighted by atomic mass is 16.2. The van der Waals surface area contributed by atoms with Crippen LogP contribution >= 0.6 is 0 Å². The van der Waals surface area contributed by atoms with Gasteiger partial charge < -0.3 is 5.32 Å². The van der Waals surface area contributed by atoms with Crippen LogP contribution in [0, 0.1) is 0 Å². The zero-order valence-electron chi connectivity index (χ0n) is 11.0. The molecule has 1 N–H and O–H groups in total. The molecule has 18 heavy (non-hydrogen) atoms. The summed E-state index contributed by atoms with van der Waals surface area (Å²) in [6, 6.07) is 9.65. The summed E-state index contributed by atoms with van der Waals surface area (Å²) in [5, 5.41) is 2.56. The van der Waals surface area contributed by atoms with Gasteiger partial charge in [-0.3, -0.25) is 14.5 Å². The maximum absolute atomic E-state index is 11.9. The summed E-state index contributed by atoms with van der Waals surface area (Å²) in [7, 11) is 1.60. The normalized spacial score (nSPS) is 10.4. The fourth-order valence-corrected chi connectivity index (χ4v) is 1.69. The first-order chi connectivity index (χ1) is 8.65. The van der Waals surface area contributed by atoms with Crippen LogP contribution < -0.4 is 5.32 Å². The molecule has 0 radical (unpaired) electrons. The predicted octanol–water partition coefficient (Wildman–Crippen LogP) is 0.866. The lowest BCUT2D eigenvalue weighted by molar-refractivity contribution is -0.123. The number of carbonyl (C=O) groups is 2. The third-order valence-corrected chi connectivity index (χ3v) is 2.74. The second-order valence-corrected chi connectivity index (χ2v) is 4.18. The highest BCUT2D eigenvalue weighted by Gasteiger charge is 2.12. The number of nitrogens with zero attached hydrogens (tertiary/aromatic N) is 1. The Kier molecular flexibility index (Phi) is 6.08. The van der Waals surface area contributed by atoms with E-state index in [1.807, 2.05) is 42.2 Å². The summed E-state index contributed by atoms with van der Waals surface area (Å²) in [6.45, 7) is 3.22. The molecule has 0 aliphatic rings. The van der Waals surface area contributed by atoms with E-state index in [1.54, 1.807) is 7.05 Å². The van der Waals surface area contributed by atoms with Crippen LogP contribution in [-0.2, 0) is 16.0 Å². The Bertz CT molecular complexity index is 390. The van der Waals surface area contributed by atoms with Crippen molar-refractivity contribution in [1.82, 2.24) is 10.2 Å². The summed E-state index contributed by atoms with van der Waals surface area (Å²) in [4.78, 5) is 25.0. The average Bonchev–Trinajstić information content (AvgIpc) is 2.38. The molecule has 0 fully saturated rings. The third-order valence-electron chi connectivity index (χ3n) is 2.74. The van der Waals surface area contributed by atoms with Gasteiger partial charge in [-0.2, -0.15) is 0 Å². The van der Waals surface area contributed by atoms with Gasteiger partial charge in [-0.1, -0.05) is 37.3 Å². The number of rotatable bonds is 7. The number of likely N-dealkylation sites (N-methyl/N-ethyl adjacent to an activating group) is 2. The van der Waals surface area contributed by atoms with E-state index >= 15 is 0 Å². The first kappa shape index (κ1) is 14.4. The molecule has 98 valence electrons. The quantitative estimate of drug-likeness (QED) is 0.779. The van der Waals surface area contributed by atoms with Gasteiger partial charge in [0.2, 0.25) is 5.91 Å². The molecule has 1 amide bonds. The molecule has 0 unspecified atom stereocenters. The summed E-state index contributed by atoms with van der Waals surface area (Å²) in [6.07, 6.45) is 0.422. The Morgan fingerprint density at radius 1 is 1.17 bits per heavy atom. The number of ketones is 1. The number of amides is 1. The molecule has 0 aromatic heterocycles. The average molecular weight is 248 g/mol. The lowest BCUT2D eigenvalue weighted by Gasteiger charge is -2.18. The Morgan fingerprint density at radius 2 is 1.83 bits per heavy atom. The molecule has 0 saturated heterocycles. The second-order valence-electron chi connectivity index (χ2n) is 4.18. The Labute approximate surface area is 108 Å². The van der Waals surface area contributed by atoms with Gasteiger partial charge in [-0.05, 0) is 12.1 Å². The molecule has 0 aliphatic heterocycles. The second kappa shape index (κ2) is 7.61. The fraction of sp³-hybridized carbons (Fsp3) is 0.429. The minimum atomic E-state index is -0.0654. The maximum atomic E-state index is 11.9. The Morgan fingerprint density at radius 3 is 2.39 bits per heavy atom. The lowest BCUT2D eigenvalue weighted by Crippen LogP contribution is -2.38. The SMILES string of the molecule is CCN(CC(=O)Cc1ccccc1)CC(=O)NC. The molecular weight excluding hydrogens is 228 g/mol. The van der Waals surface area contributed by atoms with E-state index in [0.29, 0.717) is 19.5 Å². The molecule has 0 atom stereocenters. The van der Waals surface area contributed by atoms with E-state index in [-0.39, 0.29) is 18.2 Å². The Hall–Kier alpha value is -1.68. The summed E-state index contributed by atoms with van der Waals surface area (Å²) in [5.74, 6) is 0.0660. The van der Waals surface area contributed by atoms with Crippen LogP contribution in [0.25, 0.3) is 0 Å². The van der Waals surface area contributed by atoms with E-state index < -0.39 is 0 Å². The topological polar surface area (TPSA) is 49.4 Å². The number of carbonyl (C=O) groups excluding carboxylic acids is 2. The van der Waals surface area contributed by atoms with Crippen molar-refractivity contribution in [3.8, 4) is 0 Å². The minimum absolute atomic E-state index is 0.0654. The van der Waals surface area contributed by atoms with Gasteiger partial charge in [0.05, 0.1) is 13.1 Å². The smallest absolute Gasteiger partial charge is 0.233 e. The van der Waals surface area contributed by atoms with Crippen LogP contribution in [0.15, 0.2) is 30.3 Å². The van der Waals surface area contributed by atoms with Crippen LogP contribution in [0.2, 0.25) is 0 Å². The van der Waals surface area contributed by atoms with E-state index in [2.05, 4.69) is 5.32 Å². The van der Waals surface area contributed by atoms with Gasteiger partial charge in [-0.25, -0.2) is 0 Å². The largest absolute Gasteiger partial charge is 0.358 e. The molecule has 0 heterocycles. The molecule has 1 rings (SSSR count). The molecule has 0 saturated carbocycles. The molecule has 0 aliphatic carbocycles. The van der Waals surface area contributed by atoms with E-state index in [0.717, 1.165) is 5.56 Å². The minimum Gasteiger partial charge on any atom is -0.358 e. The lowest BCUT2D eigenvalue weighted by atomic mass is 10.1. The molecule has 1 aromatic carbocycles. The van der Waals surface area contributed by atoms with Crippen LogP contribution in [0.4, 0.5) is 0 Å². The number of hydrogen-bond donors (Lipinski definition) is 1. The first-order valence-electron chi connectivity index (χ1n) is 6.14. The summed E-state index contributed by atoms with van der Waals surface area (Å²) in [5.41, 5.74) is 1.01.